The quantitative estimate of drug-likeness (QED) is 0.490. The molecule has 0 bridgehead atoms. The van der Waals surface area contributed by atoms with Crippen molar-refractivity contribution in [3.63, 3.8) is 0 Å². The molecule has 3 atom stereocenters. The van der Waals surface area contributed by atoms with Crippen molar-refractivity contribution in [3.05, 3.63) is 0 Å². The second-order valence-corrected chi connectivity index (χ2v) is 4.15. The van der Waals surface area contributed by atoms with Gasteiger partial charge in [-0.05, 0) is 14.0 Å². The molecule has 1 fully saturated rings. The van der Waals surface area contributed by atoms with Gasteiger partial charge in [0.1, 0.15) is 0 Å². The minimum absolute atomic E-state index is 0.157. The molecule has 0 aromatic rings. The highest BCUT2D eigenvalue weighted by Crippen LogP contribution is 2.42. The van der Waals surface area contributed by atoms with Crippen molar-refractivity contribution in [1.29, 1.82) is 0 Å². The van der Waals surface area contributed by atoms with Gasteiger partial charge in [-0.3, -0.25) is 4.90 Å². The highest BCUT2D eigenvalue weighted by Gasteiger charge is 2.52. The minimum atomic E-state index is -1.76. The van der Waals surface area contributed by atoms with E-state index in [1.165, 1.54) is 6.92 Å². The zero-order valence-electron chi connectivity index (χ0n) is 6.19. The molecule has 0 N–H and O–H groups in total. The Balaban J connectivity index is 2.78. The van der Waals surface area contributed by atoms with E-state index in [2.05, 4.69) is 0 Å². The van der Waals surface area contributed by atoms with Crippen molar-refractivity contribution in [1.82, 2.24) is 4.90 Å². The molecular weight excluding hydrogens is 155 g/mol. The van der Waals surface area contributed by atoms with Crippen LogP contribution in [0.15, 0.2) is 0 Å². The van der Waals surface area contributed by atoms with Gasteiger partial charge in [0.05, 0.1) is 0 Å². The lowest BCUT2D eigenvalue weighted by Crippen LogP contribution is -2.38. The van der Waals surface area contributed by atoms with Crippen LogP contribution in [0.25, 0.3) is 0 Å². The summed E-state index contributed by atoms with van der Waals surface area (Å²) in [5.41, 5.74) is -1.72. The first-order valence-electron chi connectivity index (χ1n) is 3.20. The van der Waals surface area contributed by atoms with Gasteiger partial charge in [0, 0.05) is 13.1 Å². The van der Waals surface area contributed by atoms with Gasteiger partial charge in [0.25, 0.3) is 0 Å². The largest absolute Gasteiger partial charge is 0.299 e. The molecule has 1 saturated heterocycles. The first kappa shape index (κ1) is 8.35. The summed E-state index contributed by atoms with van der Waals surface area (Å²) in [4.78, 5) is 1.65. The maximum atomic E-state index is 13.2. The molecule has 1 rings (SSSR count). The summed E-state index contributed by atoms with van der Waals surface area (Å²) in [6.07, 6.45) is 0. The Morgan fingerprint density at radius 2 is 1.90 bits per heavy atom. The van der Waals surface area contributed by atoms with E-state index in [0.717, 1.165) is 0 Å². The van der Waals surface area contributed by atoms with E-state index in [-0.39, 0.29) is 13.1 Å². The number of halogens is 2. The van der Waals surface area contributed by atoms with E-state index in [1.807, 2.05) is 9.24 Å². The van der Waals surface area contributed by atoms with Gasteiger partial charge >= 0.3 is 0 Å². The standard InChI is InChI=1S/C6H12F2NP/c1-5(7)3-9(2)4-6(5,8)10/h3-4,10H2,1-2H3. The van der Waals surface area contributed by atoms with Gasteiger partial charge in [-0.25, -0.2) is 8.78 Å². The first-order valence-corrected chi connectivity index (χ1v) is 3.78. The summed E-state index contributed by atoms with van der Waals surface area (Å²) in [6, 6.07) is 0. The van der Waals surface area contributed by atoms with Gasteiger partial charge < -0.3 is 0 Å². The summed E-state index contributed by atoms with van der Waals surface area (Å²) >= 11 is 0. The van der Waals surface area contributed by atoms with Crippen LogP contribution in [0, 0.1) is 0 Å². The van der Waals surface area contributed by atoms with E-state index in [1.54, 1.807) is 11.9 Å². The second kappa shape index (κ2) is 2.12. The topological polar surface area (TPSA) is 3.24 Å². The van der Waals surface area contributed by atoms with E-state index in [0.29, 0.717) is 0 Å². The number of rotatable bonds is 0. The molecule has 0 aromatic heterocycles. The van der Waals surface area contributed by atoms with Crippen LogP contribution in [0.5, 0.6) is 0 Å². The van der Waals surface area contributed by atoms with Crippen LogP contribution in [-0.4, -0.2) is 36.1 Å². The van der Waals surface area contributed by atoms with Crippen molar-refractivity contribution in [2.24, 2.45) is 0 Å². The maximum Gasteiger partial charge on any atom is 0.170 e. The summed E-state index contributed by atoms with van der Waals surface area (Å²) in [6.45, 7) is 1.63. The molecule has 0 aromatic carbocycles. The average molecular weight is 167 g/mol. The summed E-state index contributed by atoms with van der Waals surface area (Å²) < 4.78 is 26.4. The van der Waals surface area contributed by atoms with Crippen LogP contribution in [-0.2, 0) is 0 Å². The Kier molecular flexibility index (Phi) is 1.77. The number of hydrogen-bond donors (Lipinski definition) is 0. The maximum absolute atomic E-state index is 13.2. The molecule has 1 nitrogen and oxygen atoms in total. The molecule has 0 radical (unpaired) electrons. The number of hydrogen-bond acceptors (Lipinski definition) is 1. The fourth-order valence-corrected chi connectivity index (χ4v) is 1.65. The monoisotopic (exact) mass is 167 g/mol. The van der Waals surface area contributed by atoms with Crippen LogP contribution in [0.4, 0.5) is 8.78 Å². The normalized spacial score (nSPS) is 50.1. The van der Waals surface area contributed by atoms with Crippen LogP contribution >= 0.6 is 9.24 Å². The van der Waals surface area contributed by atoms with Crippen LogP contribution in [0.1, 0.15) is 6.92 Å². The summed E-state index contributed by atoms with van der Waals surface area (Å²) in [5, 5.41) is -1.76. The lowest BCUT2D eigenvalue weighted by atomic mass is 10.1. The summed E-state index contributed by atoms with van der Waals surface area (Å²) in [7, 11) is 3.65. The molecule has 1 aliphatic rings. The second-order valence-electron chi connectivity index (χ2n) is 3.23. The Bertz CT molecular complexity index is 131. The van der Waals surface area contributed by atoms with Crippen molar-refractivity contribution in [2.75, 3.05) is 20.1 Å². The van der Waals surface area contributed by atoms with Gasteiger partial charge in [0.15, 0.2) is 11.1 Å². The average Bonchev–Trinajstić information content (AvgIpc) is 1.73. The van der Waals surface area contributed by atoms with Gasteiger partial charge in [-0.15, -0.1) is 0 Å². The molecule has 0 saturated carbocycles. The van der Waals surface area contributed by atoms with Gasteiger partial charge in [0.2, 0.25) is 0 Å². The minimum Gasteiger partial charge on any atom is -0.299 e. The fourth-order valence-electron chi connectivity index (χ4n) is 1.25. The third-order valence-electron chi connectivity index (χ3n) is 1.93. The number of nitrogens with zero attached hydrogens (tertiary/aromatic N) is 1. The van der Waals surface area contributed by atoms with E-state index < -0.39 is 11.1 Å². The Hall–Kier alpha value is 0.250. The van der Waals surface area contributed by atoms with E-state index in [4.69, 9.17) is 0 Å². The zero-order valence-corrected chi connectivity index (χ0v) is 7.35. The number of likely N-dealkylation sites (tertiary alicyclic amines) is 1. The highest BCUT2D eigenvalue weighted by atomic mass is 31.0. The lowest BCUT2D eigenvalue weighted by molar-refractivity contribution is 0.0870. The van der Waals surface area contributed by atoms with Crippen LogP contribution in [0.2, 0.25) is 0 Å². The van der Waals surface area contributed by atoms with E-state index >= 15 is 0 Å². The lowest BCUT2D eigenvalue weighted by Gasteiger charge is -2.23. The molecule has 0 spiro atoms. The van der Waals surface area contributed by atoms with E-state index in [9.17, 15) is 8.78 Å². The fraction of sp³-hybridized carbons (Fsp3) is 1.00. The van der Waals surface area contributed by atoms with Crippen molar-refractivity contribution < 1.29 is 8.78 Å². The predicted molar refractivity (Wildman–Crippen MR) is 40.6 cm³/mol. The Morgan fingerprint density at radius 1 is 1.40 bits per heavy atom. The van der Waals surface area contributed by atoms with Gasteiger partial charge in [-0.2, -0.15) is 0 Å². The van der Waals surface area contributed by atoms with Crippen molar-refractivity contribution in [2.45, 2.75) is 18.0 Å². The number of alkyl halides is 2. The van der Waals surface area contributed by atoms with Crippen LogP contribution < -0.4 is 0 Å². The third kappa shape index (κ3) is 1.17. The van der Waals surface area contributed by atoms with Crippen LogP contribution in [0.3, 0.4) is 0 Å². The molecule has 0 amide bonds. The SMILES string of the molecule is CN1CC(C)(F)C(F)(P)C1. The molecule has 10 heavy (non-hydrogen) atoms. The van der Waals surface area contributed by atoms with Crippen molar-refractivity contribution in [3.8, 4) is 0 Å². The Labute approximate surface area is 62.0 Å². The smallest absolute Gasteiger partial charge is 0.170 e. The first-order chi connectivity index (χ1) is 4.35. The molecule has 4 heteroatoms. The molecule has 60 valence electrons. The molecule has 0 aliphatic carbocycles. The molecule has 3 unspecified atom stereocenters. The highest BCUT2D eigenvalue weighted by molar-refractivity contribution is 7.18. The van der Waals surface area contributed by atoms with Gasteiger partial charge in [-0.1, -0.05) is 9.24 Å². The zero-order chi connectivity index (χ0) is 7.99. The van der Waals surface area contributed by atoms with Crippen molar-refractivity contribution >= 4 is 9.24 Å². The molecule has 1 heterocycles. The Morgan fingerprint density at radius 3 is 2.00 bits per heavy atom. The summed E-state index contributed by atoms with van der Waals surface area (Å²) in [5.74, 6) is 0. The third-order valence-corrected chi connectivity index (χ3v) is 2.72. The molecule has 1 aliphatic heterocycles. The molecular formula is C6H12F2NP. The predicted octanol–water partition coefficient (Wildman–Crippen LogP) is 1.20.